The Bertz CT molecular complexity index is 942. The van der Waals surface area contributed by atoms with E-state index in [-0.39, 0.29) is 18.2 Å². The third-order valence-corrected chi connectivity index (χ3v) is 5.94. The van der Waals surface area contributed by atoms with E-state index < -0.39 is 5.92 Å². The fourth-order valence-corrected chi connectivity index (χ4v) is 4.92. The molecule has 0 atom stereocenters. The summed E-state index contributed by atoms with van der Waals surface area (Å²) in [6.07, 6.45) is 9.43. The van der Waals surface area contributed by atoms with Gasteiger partial charge in [-0.25, -0.2) is 0 Å². The van der Waals surface area contributed by atoms with Gasteiger partial charge in [-0.3, -0.25) is 9.59 Å². The zero-order valence-corrected chi connectivity index (χ0v) is 16.8. The number of hydrogen-bond acceptors (Lipinski definition) is 4. The third kappa shape index (κ3) is 3.23. The van der Waals surface area contributed by atoms with Crippen LogP contribution in [-0.2, 0) is 9.59 Å². The van der Waals surface area contributed by atoms with Gasteiger partial charge in [0, 0.05) is 51.9 Å². The smallest absolute Gasteiger partial charge is 0.161 e. The summed E-state index contributed by atoms with van der Waals surface area (Å²) < 4.78 is 5.74. The highest BCUT2D eigenvalue weighted by Gasteiger charge is 2.41. The van der Waals surface area contributed by atoms with Crippen LogP contribution in [0.2, 0.25) is 10.0 Å². The van der Waals surface area contributed by atoms with Crippen LogP contribution in [0.3, 0.4) is 0 Å². The zero-order chi connectivity index (χ0) is 19.8. The summed E-state index contributed by atoms with van der Waals surface area (Å²) in [6.45, 7) is 0.0268. The summed E-state index contributed by atoms with van der Waals surface area (Å²) in [4.78, 5) is 25.8. The zero-order valence-electron chi connectivity index (χ0n) is 15.2. The standard InChI is InChI=1S/C22H19Cl2NO3/c1-2-9-28-22-13(10-12(23)11-14(22)24)19-20-15(5-3-7-17(20)26)25-16-6-4-8-18(27)21(16)19/h1,10-11,19,25H,3-9H2. The maximum Gasteiger partial charge on any atom is 0.161 e. The van der Waals surface area contributed by atoms with E-state index in [0.29, 0.717) is 45.3 Å². The third-order valence-electron chi connectivity index (χ3n) is 5.44. The van der Waals surface area contributed by atoms with Gasteiger partial charge in [0.15, 0.2) is 11.6 Å². The van der Waals surface area contributed by atoms with Gasteiger partial charge in [0.25, 0.3) is 0 Å². The van der Waals surface area contributed by atoms with Gasteiger partial charge in [0.2, 0.25) is 0 Å². The number of carbonyl (C=O) groups is 2. The van der Waals surface area contributed by atoms with Gasteiger partial charge >= 0.3 is 0 Å². The molecule has 0 unspecified atom stereocenters. The maximum absolute atomic E-state index is 12.9. The molecule has 6 heteroatoms. The topological polar surface area (TPSA) is 55.4 Å². The molecule has 2 aliphatic carbocycles. The fourth-order valence-electron chi connectivity index (χ4n) is 4.36. The summed E-state index contributed by atoms with van der Waals surface area (Å²) in [7, 11) is 0. The van der Waals surface area contributed by atoms with Gasteiger partial charge in [0.1, 0.15) is 12.4 Å². The van der Waals surface area contributed by atoms with Crippen LogP contribution in [-0.4, -0.2) is 18.2 Å². The number of rotatable bonds is 3. The van der Waals surface area contributed by atoms with Gasteiger partial charge in [-0.05, 0) is 37.8 Å². The molecule has 1 N–H and O–H groups in total. The predicted molar refractivity (Wildman–Crippen MR) is 108 cm³/mol. The van der Waals surface area contributed by atoms with Crippen LogP contribution in [0.4, 0.5) is 0 Å². The number of allylic oxidation sites excluding steroid dienone is 4. The second-order valence-electron chi connectivity index (χ2n) is 7.19. The number of Topliss-reactive ketones (excluding diaryl/α,β-unsaturated/α-hetero) is 2. The van der Waals surface area contributed by atoms with E-state index >= 15 is 0 Å². The molecule has 4 nitrogen and oxygen atoms in total. The molecule has 0 saturated carbocycles. The molecule has 144 valence electrons. The molecule has 0 amide bonds. The number of benzene rings is 1. The van der Waals surface area contributed by atoms with E-state index in [4.69, 9.17) is 34.4 Å². The van der Waals surface area contributed by atoms with Crippen molar-refractivity contribution in [3.05, 3.63) is 50.3 Å². The Morgan fingerprint density at radius 3 is 2.21 bits per heavy atom. The van der Waals surface area contributed by atoms with Crippen molar-refractivity contribution in [2.75, 3.05) is 6.61 Å². The Hall–Kier alpha value is -2.22. The van der Waals surface area contributed by atoms with Crippen molar-refractivity contribution in [3.63, 3.8) is 0 Å². The minimum Gasteiger partial charge on any atom is -0.479 e. The number of carbonyl (C=O) groups excluding carboxylic acids is 2. The van der Waals surface area contributed by atoms with E-state index in [1.165, 1.54) is 0 Å². The van der Waals surface area contributed by atoms with Gasteiger partial charge in [-0.2, -0.15) is 0 Å². The number of nitrogens with one attached hydrogen (secondary N) is 1. The molecule has 4 rings (SSSR count). The Morgan fingerprint density at radius 1 is 1.04 bits per heavy atom. The largest absolute Gasteiger partial charge is 0.479 e. The van der Waals surface area contributed by atoms with Gasteiger partial charge in [0.05, 0.1) is 5.02 Å². The van der Waals surface area contributed by atoms with Crippen LogP contribution >= 0.6 is 23.2 Å². The van der Waals surface area contributed by atoms with E-state index in [2.05, 4.69) is 11.2 Å². The van der Waals surface area contributed by atoms with Crippen LogP contribution in [0.5, 0.6) is 5.75 Å². The lowest BCUT2D eigenvalue weighted by atomic mass is 9.71. The summed E-state index contributed by atoms with van der Waals surface area (Å²) in [6, 6.07) is 3.31. The first-order chi connectivity index (χ1) is 13.5. The first-order valence-electron chi connectivity index (χ1n) is 9.36. The molecule has 1 heterocycles. The summed E-state index contributed by atoms with van der Waals surface area (Å²) in [5.41, 5.74) is 3.68. The van der Waals surface area contributed by atoms with Gasteiger partial charge in [-0.15, -0.1) is 6.42 Å². The summed E-state index contributed by atoms with van der Waals surface area (Å²) in [5, 5.41) is 4.12. The van der Waals surface area contributed by atoms with Gasteiger partial charge in [-0.1, -0.05) is 29.1 Å². The molecule has 0 bridgehead atoms. The average Bonchev–Trinajstić information content (AvgIpc) is 2.66. The molecule has 0 saturated heterocycles. The molecule has 1 aromatic carbocycles. The molecule has 1 aromatic rings. The lowest BCUT2D eigenvalue weighted by molar-refractivity contribution is -0.116. The van der Waals surface area contributed by atoms with Crippen molar-refractivity contribution in [2.24, 2.45) is 0 Å². The molecule has 0 radical (unpaired) electrons. The van der Waals surface area contributed by atoms with Crippen molar-refractivity contribution < 1.29 is 14.3 Å². The number of hydrogen-bond donors (Lipinski definition) is 1. The Balaban J connectivity index is 1.96. The lowest BCUT2D eigenvalue weighted by Gasteiger charge is -2.37. The van der Waals surface area contributed by atoms with Crippen LogP contribution in [0.15, 0.2) is 34.7 Å². The van der Waals surface area contributed by atoms with Crippen molar-refractivity contribution in [2.45, 2.75) is 44.4 Å². The summed E-state index contributed by atoms with van der Waals surface area (Å²) in [5.74, 6) is 2.37. The number of dihydropyridines is 1. The normalized spacial score (nSPS) is 19.8. The van der Waals surface area contributed by atoms with Crippen molar-refractivity contribution in [1.29, 1.82) is 0 Å². The van der Waals surface area contributed by atoms with Crippen molar-refractivity contribution in [3.8, 4) is 18.1 Å². The monoisotopic (exact) mass is 415 g/mol. The molecular weight excluding hydrogens is 397 g/mol. The second kappa shape index (κ2) is 7.66. The summed E-state index contributed by atoms with van der Waals surface area (Å²) >= 11 is 12.7. The van der Waals surface area contributed by atoms with Crippen molar-refractivity contribution >= 4 is 34.8 Å². The Morgan fingerprint density at radius 2 is 1.64 bits per heavy atom. The number of terminal acetylenes is 1. The highest BCUT2D eigenvalue weighted by molar-refractivity contribution is 6.35. The minimum atomic E-state index is -0.532. The van der Waals surface area contributed by atoms with Crippen LogP contribution in [0.25, 0.3) is 0 Å². The maximum atomic E-state index is 12.9. The molecule has 0 aromatic heterocycles. The number of halogens is 2. The van der Waals surface area contributed by atoms with E-state index in [1.54, 1.807) is 12.1 Å². The molecular formula is C22H19Cl2NO3. The minimum absolute atomic E-state index is 0.0268. The van der Waals surface area contributed by atoms with Crippen LogP contribution in [0, 0.1) is 12.3 Å². The molecule has 3 aliphatic rings. The quantitative estimate of drug-likeness (QED) is 0.726. The lowest BCUT2D eigenvalue weighted by Crippen LogP contribution is -2.36. The predicted octanol–water partition coefficient (Wildman–Crippen LogP) is 4.71. The van der Waals surface area contributed by atoms with E-state index in [1.807, 2.05) is 0 Å². The first-order valence-corrected chi connectivity index (χ1v) is 10.1. The molecule has 1 aliphatic heterocycles. The highest BCUT2D eigenvalue weighted by Crippen LogP contribution is 2.49. The average molecular weight is 416 g/mol. The highest BCUT2D eigenvalue weighted by atomic mass is 35.5. The van der Waals surface area contributed by atoms with Crippen LogP contribution in [0.1, 0.15) is 50.0 Å². The molecule has 0 fully saturated rings. The van der Waals surface area contributed by atoms with Crippen LogP contribution < -0.4 is 10.1 Å². The molecule has 0 spiro atoms. The molecule has 28 heavy (non-hydrogen) atoms. The Labute approximate surface area is 173 Å². The second-order valence-corrected chi connectivity index (χ2v) is 8.04. The fraction of sp³-hybridized carbons (Fsp3) is 0.364. The SMILES string of the molecule is C#CCOc1c(Cl)cc(Cl)cc1C1C2=C(CCCC2=O)NC2=C1C(=O)CCC2. The van der Waals surface area contributed by atoms with E-state index in [0.717, 1.165) is 37.1 Å². The Kier molecular flexibility index (Phi) is 5.23. The number of ketones is 2. The first kappa shape index (κ1) is 19.1. The van der Waals surface area contributed by atoms with Crippen molar-refractivity contribution in [1.82, 2.24) is 5.32 Å². The van der Waals surface area contributed by atoms with Gasteiger partial charge < -0.3 is 10.1 Å². The van der Waals surface area contributed by atoms with E-state index in [9.17, 15) is 9.59 Å². The number of ether oxygens (including phenoxy) is 1.